The van der Waals surface area contributed by atoms with Crippen LogP contribution in [0.15, 0.2) is 12.3 Å². The number of nitrogens with zero attached hydrogens (tertiary/aromatic N) is 1. The topological polar surface area (TPSA) is 30.0 Å². The second-order valence-corrected chi connectivity index (χ2v) is 2.12. The van der Waals surface area contributed by atoms with Crippen LogP contribution in [-0.4, -0.2) is 10.8 Å². The summed E-state index contributed by atoms with van der Waals surface area (Å²) in [7, 11) is 0. The minimum atomic E-state index is -0.00523. The molecule has 0 bridgehead atoms. The zero-order valence-electron chi connectivity index (χ0n) is 6.59. The first-order chi connectivity index (χ1) is 4.72. The molecule has 0 unspecified atom stereocenters. The van der Waals surface area contributed by atoms with Gasteiger partial charge in [-0.1, -0.05) is 13.1 Å². The van der Waals surface area contributed by atoms with E-state index in [1.54, 1.807) is 12.3 Å². The fraction of sp³-hybridized carbons (Fsp3) is 0.250. The number of rotatable bonds is 1. The van der Waals surface area contributed by atoms with Gasteiger partial charge in [0.05, 0.1) is 0 Å². The van der Waals surface area contributed by atoms with Gasteiger partial charge in [0.1, 0.15) is 5.78 Å². The van der Waals surface area contributed by atoms with Gasteiger partial charge in [0.15, 0.2) is 0 Å². The number of hydrogen-bond donors (Lipinski definition) is 0. The molecule has 1 rings (SSSR count). The van der Waals surface area contributed by atoms with Gasteiger partial charge in [-0.3, -0.25) is 0 Å². The monoisotopic (exact) mass is 223 g/mol. The first kappa shape index (κ1) is 10.9. The fourth-order valence-electron chi connectivity index (χ4n) is 0.794. The molecule has 0 aliphatic carbocycles. The first-order valence-electron chi connectivity index (χ1n) is 3.06. The summed E-state index contributed by atoms with van der Waals surface area (Å²) in [4.78, 5) is 14.7. The minimum Gasteiger partial charge on any atom is -0.380 e. The molecule has 3 heteroatoms. The molecule has 1 aromatic rings. The first-order valence-corrected chi connectivity index (χ1v) is 3.06. The van der Waals surface area contributed by atoms with Crippen LogP contribution >= 0.6 is 0 Å². The number of aromatic nitrogens is 1. The zero-order valence-corrected chi connectivity index (χ0v) is 9.43. The zero-order chi connectivity index (χ0) is 7.56. The second kappa shape index (κ2) is 4.73. The standard InChI is InChI=1S/C8H8NO.Y/c1-6-4-3-5-9-8(6)7(2)10;/h3,5H,1-2H3;/q-1;. The van der Waals surface area contributed by atoms with E-state index in [1.165, 1.54) is 6.92 Å². The Morgan fingerprint density at radius 1 is 1.64 bits per heavy atom. The van der Waals surface area contributed by atoms with Crippen molar-refractivity contribution in [3.8, 4) is 0 Å². The normalized spacial score (nSPS) is 8.55. The average molecular weight is 223 g/mol. The van der Waals surface area contributed by atoms with Gasteiger partial charge in [-0.25, -0.2) is 0 Å². The average Bonchev–Trinajstić information content (AvgIpc) is 1.88. The number of carbonyl (C=O) groups is 1. The van der Waals surface area contributed by atoms with Crippen molar-refractivity contribution in [2.45, 2.75) is 13.8 Å². The van der Waals surface area contributed by atoms with Crippen molar-refractivity contribution in [1.82, 2.24) is 4.98 Å². The van der Waals surface area contributed by atoms with Crippen LogP contribution in [0.25, 0.3) is 0 Å². The Balaban J connectivity index is 0.000001000. The van der Waals surface area contributed by atoms with Crippen molar-refractivity contribution < 1.29 is 37.5 Å². The molecular weight excluding hydrogens is 215 g/mol. The molecule has 1 radical (unpaired) electrons. The van der Waals surface area contributed by atoms with Crippen LogP contribution in [-0.2, 0) is 32.7 Å². The molecule has 0 aliphatic heterocycles. The van der Waals surface area contributed by atoms with Gasteiger partial charge in [0.2, 0.25) is 0 Å². The predicted molar refractivity (Wildman–Crippen MR) is 37.8 cm³/mol. The van der Waals surface area contributed by atoms with Crippen molar-refractivity contribution in [1.29, 1.82) is 0 Å². The van der Waals surface area contributed by atoms with E-state index in [1.807, 2.05) is 6.92 Å². The van der Waals surface area contributed by atoms with Crippen molar-refractivity contribution in [3.05, 3.63) is 29.6 Å². The molecule has 11 heavy (non-hydrogen) atoms. The van der Waals surface area contributed by atoms with Crippen molar-refractivity contribution in [2.75, 3.05) is 0 Å². The third-order valence-corrected chi connectivity index (χ3v) is 1.27. The Morgan fingerprint density at radius 2 is 2.27 bits per heavy atom. The quantitative estimate of drug-likeness (QED) is 0.532. The molecule has 0 N–H and O–H groups in total. The fourth-order valence-corrected chi connectivity index (χ4v) is 0.794. The summed E-state index contributed by atoms with van der Waals surface area (Å²) in [6.45, 7) is 3.33. The maximum Gasteiger partial charge on any atom is 0.123 e. The molecule has 0 amide bonds. The number of carbonyl (C=O) groups excluding carboxylic acids is 1. The Hall–Kier alpha value is -0.0761. The van der Waals surface area contributed by atoms with Gasteiger partial charge in [-0.2, -0.15) is 12.1 Å². The Bertz CT molecular complexity index is 260. The molecule has 1 aromatic heterocycles. The number of pyridine rings is 1. The van der Waals surface area contributed by atoms with Crippen LogP contribution in [0.4, 0.5) is 0 Å². The summed E-state index contributed by atoms with van der Waals surface area (Å²) in [6.07, 6.45) is 1.57. The third-order valence-electron chi connectivity index (χ3n) is 1.27. The number of aryl methyl sites for hydroxylation is 1. The summed E-state index contributed by atoms with van der Waals surface area (Å²) < 4.78 is 0. The van der Waals surface area contributed by atoms with Crippen molar-refractivity contribution in [2.24, 2.45) is 0 Å². The van der Waals surface area contributed by atoms with Crippen molar-refractivity contribution >= 4 is 5.78 Å². The van der Waals surface area contributed by atoms with E-state index in [4.69, 9.17) is 0 Å². The molecule has 0 aliphatic rings. The van der Waals surface area contributed by atoms with E-state index in [0.717, 1.165) is 5.56 Å². The van der Waals surface area contributed by atoms with Crippen LogP contribution in [0.2, 0.25) is 0 Å². The van der Waals surface area contributed by atoms with E-state index >= 15 is 0 Å². The van der Waals surface area contributed by atoms with E-state index in [-0.39, 0.29) is 38.5 Å². The molecule has 0 saturated heterocycles. The molecule has 0 spiro atoms. The SMILES string of the molecule is CC(=O)c1ncc[c-]c1C.[Y]. The van der Waals surface area contributed by atoms with Crippen LogP contribution in [0.3, 0.4) is 0 Å². The molecule has 1 heterocycles. The molecule has 0 saturated carbocycles. The van der Waals surface area contributed by atoms with E-state index in [0.29, 0.717) is 5.69 Å². The van der Waals surface area contributed by atoms with Gasteiger partial charge < -0.3 is 9.78 Å². The van der Waals surface area contributed by atoms with Gasteiger partial charge in [0.25, 0.3) is 0 Å². The second-order valence-electron chi connectivity index (χ2n) is 2.12. The molecule has 2 nitrogen and oxygen atoms in total. The Labute approximate surface area is 91.3 Å². The molecule has 0 atom stereocenters. The number of hydrogen-bond acceptors (Lipinski definition) is 2. The minimum absolute atomic E-state index is 0. The van der Waals surface area contributed by atoms with Crippen molar-refractivity contribution in [3.63, 3.8) is 0 Å². The third kappa shape index (κ3) is 2.80. The number of ketones is 1. The molecule has 55 valence electrons. The summed E-state index contributed by atoms with van der Waals surface area (Å²) in [5, 5.41) is 0. The summed E-state index contributed by atoms with van der Waals surface area (Å²) in [5.74, 6) is -0.00523. The number of Topliss-reactive ketones (excluding diaryl/α,β-unsaturated/α-hetero) is 1. The van der Waals surface area contributed by atoms with Crippen LogP contribution < -0.4 is 0 Å². The van der Waals surface area contributed by atoms with Crippen LogP contribution in [0.1, 0.15) is 23.0 Å². The summed E-state index contributed by atoms with van der Waals surface area (Å²) >= 11 is 0. The Kier molecular flexibility index (Phi) is 4.70. The van der Waals surface area contributed by atoms with E-state index < -0.39 is 0 Å². The molecular formula is C8H8NOY-. The van der Waals surface area contributed by atoms with Gasteiger partial charge >= 0.3 is 0 Å². The molecule has 0 aromatic carbocycles. The van der Waals surface area contributed by atoms with E-state index in [2.05, 4.69) is 11.1 Å². The Morgan fingerprint density at radius 3 is 2.64 bits per heavy atom. The maximum absolute atomic E-state index is 10.8. The largest absolute Gasteiger partial charge is 0.380 e. The summed E-state index contributed by atoms with van der Waals surface area (Å²) in [6, 6.07) is 4.59. The maximum atomic E-state index is 10.8. The van der Waals surface area contributed by atoms with Crippen LogP contribution in [0.5, 0.6) is 0 Å². The predicted octanol–water partition coefficient (Wildman–Crippen LogP) is 1.39. The van der Waals surface area contributed by atoms with Gasteiger partial charge in [-0.05, 0) is 12.6 Å². The van der Waals surface area contributed by atoms with Crippen LogP contribution in [0, 0.1) is 13.0 Å². The molecule has 0 fully saturated rings. The van der Waals surface area contributed by atoms with Gasteiger partial charge in [-0.15, -0.1) is 5.56 Å². The van der Waals surface area contributed by atoms with Gasteiger partial charge in [0, 0.05) is 32.7 Å². The van der Waals surface area contributed by atoms with E-state index in [9.17, 15) is 4.79 Å². The smallest absolute Gasteiger partial charge is 0.123 e. The summed E-state index contributed by atoms with van der Waals surface area (Å²) in [5.41, 5.74) is 1.33.